The van der Waals surface area contributed by atoms with Crippen LogP contribution in [0.1, 0.15) is 12.8 Å². The summed E-state index contributed by atoms with van der Waals surface area (Å²) >= 11 is 0. The molecule has 1 saturated heterocycles. The van der Waals surface area contributed by atoms with E-state index in [0.29, 0.717) is 13.2 Å². The number of methoxy groups -OCH3 is 1. The summed E-state index contributed by atoms with van der Waals surface area (Å²) in [5.41, 5.74) is -0.737. The number of nitro groups is 1. The third kappa shape index (κ3) is 5.36. The summed E-state index contributed by atoms with van der Waals surface area (Å²) in [4.78, 5) is 21.7. The molecule has 2 rings (SSSR count). The van der Waals surface area contributed by atoms with Crippen molar-refractivity contribution in [1.82, 2.24) is 10.6 Å². The number of rotatable bonds is 8. The van der Waals surface area contributed by atoms with Crippen molar-refractivity contribution < 1.29 is 23.6 Å². The number of amides is 1. The molecule has 1 amide bonds. The molecule has 1 aliphatic rings. The molecule has 0 spiro atoms. The third-order valence-electron chi connectivity index (χ3n) is 4.26. The number of hydrogen-bond donors (Lipinski definition) is 2. The lowest BCUT2D eigenvalue weighted by atomic mass is 9.79. The predicted molar refractivity (Wildman–Crippen MR) is 88.0 cm³/mol. The lowest BCUT2D eigenvalue weighted by Gasteiger charge is -2.37. The molecule has 1 aliphatic heterocycles. The van der Waals surface area contributed by atoms with Crippen LogP contribution in [0.3, 0.4) is 0 Å². The number of carbonyl (C=O) groups is 1. The fourth-order valence-electron chi connectivity index (χ4n) is 2.85. The van der Waals surface area contributed by atoms with Crippen molar-refractivity contribution in [3.8, 4) is 5.75 Å². The van der Waals surface area contributed by atoms with Gasteiger partial charge in [0.05, 0.1) is 11.5 Å². The Labute approximate surface area is 144 Å². The molecule has 8 nitrogen and oxygen atoms in total. The Morgan fingerprint density at radius 3 is 2.76 bits per heavy atom. The number of nitrogens with zero attached hydrogens (tertiary/aromatic N) is 1. The maximum atomic E-state index is 13.5. The van der Waals surface area contributed by atoms with Crippen LogP contribution < -0.4 is 15.4 Å². The van der Waals surface area contributed by atoms with Crippen LogP contribution in [0.15, 0.2) is 18.2 Å². The quantitative estimate of drug-likeness (QED) is 0.537. The molecule has 1 fully saturated rings. The van der Waals surface area contributed by atoms with Gasteiger partial charge in [-0.25, -0.2) is 0 Å². The zero-order chi connectivity index (χ0) is 18.3. The molecule has 0 bridgehead atoms. The fraction of sp³-hybridized carbons (Fsp3) is 0.562. The highest BCUT2D eigenvalue weighted by atomic mass is 19.1. The number of nitro benzene ring substituents is 1. The summed E-state index contributed by atoms with van der Waals surface area (Å²) in [6, 6.07) is 3.16. The van der Waals surface area contributed by atoms with E-state index in [1.165, 1.54) is 6.07 Å². The third-order valence-corrected chi connectivity index (χ3v) is 4.26. The summed E-state index contributed by atoms with van der Waals surface area (Å²) in [6.07, 6.45) is 1.80. The molecule has 0 radical (unpaired) electrons. The first-order valence-electron chi connectivity index (χ1n) is 7.99. The van der Waals surface area contributed by atoms with Gasteiger partial charge in [0.25, 0.3) is 5.91 Å². The van der Waals surface area contributed by atoms with Crippen LogP contribution in [0.4, 0.5) is 10.1 Å². The first kappa shape index (κ1) is 19.1. The monoisotopic (exact) mass is 355 g/mol. The highest BCUT2D eigenvalue weighted by Crippen LogP contribution is 2.28. The Bertz CT molecular complexity index is 614. The van der Waals surface area contributed by atoms with E-state index in [1.807, 2.05) is 0 Å². The van der Waals surface area contributed by atoms with Gasteiger partial charge in [-0.05, 0) is 32.0 Å². The van der Waals surface area contributed by atoms with Crippen molar-refractivity contribution in [2.24, 2.45) is 5.41 Å². The van der Waals surface area contributed by atoms with Crippen LogP contribution >= 0.6 is 0 Å². The molecule has 1 aromatic carbocycles. The molecule has 0 atom stereocenters. The highest BCUT2D eigenvalue weighted by Gasteiger charge is 2.32. The molecule has 138 valence electrons. The van der Waals surface area contributed by atoms with E-state index >= 15 is 0 Å². The molecule has 2 N–H and O–H groups in total. The van der Waals surface area contributed by atoms with Gasteiger partial charge in [0.15, 0.2) is 6.61 Å². The molecule has 0 aliphatic carbocycles. The van der Waals surface area contributed by atoms with Crippen LogP contribution in [0.5, 0.6) is 5.75 Å². The molecule has 1 aromatic rings. The largest absolute Gasteiger partial charge is 0.484 e. The molecule has 0 unspecified atom stereocenters. The van der Waals surface area contributed by atoms with Crippen LogP contribution in [0, 0.1) is 21.3 Å². The molecule has 1 heterocycles. The first-order chi connectivity index (χ1) is 12.0. The van der Waals surface area contributed by atoms with Crippen molar-refractivity contribution in [2.75, 3.05) is 40.0 Å². The van der Waals surface area contributed by atoms with E-state index in [-0.39, 0.29) is 23.7 Å². The second kappa shape index (κ2) is 8.72. The van der Waals surface area contributed by atoms with Gasteiger partial charge in [0, 0.05) is 31.2 Å². The van der Waals surface area contributed by atoms with E-state index in [4.69, 9.17) is 9.47 Å². The van der Waals surface area contributed by atoms with Crippen molar-refractivity contribution in [3.05, 3.63) is 34.1 Å². The maximum absolute atomic E-state index is 13.5. The number of ether oxygens (including phenoxy) is 2. The van der Waals surface area contributed by atoms with Crippen molar-refractivity contribution in [3.63, 3.8) is 0 Å². The fourth-order valence-corrected chi connectivity index (χ4v) is 2.85. The second-order valence-electron chi connectivity index (χ2n) is 6.12. The Morgan fingerprint density at radius 2 is 2.16 bits per heavy atom. The van der Waals surface area contributed by atoms with E-state index < -0.39 is 16.4 Å². The zero-order valence-corrected chi connectivity index (χ0v) is 14.0. The topological polar surface area (TPSA) is 103 Å². The van der Waals surface area contributed by atoms with Gasteiger partial charge >= 0.3 is 5.69 Å². The average molecular weight is 355 g/mol. The normalized spacial score (nSPS) is 16.2. The standard InChI is InChI=1S/C16H22FN3O5/c1-24-11-16(4-6-18-7-5-16)10-19-15(21)9-25-12-2-3-14(20(22)23)13(17)8-12/h2-3,8,18H,4-7,9-11H2,1H3,(H,19,21). The minimum absolute atomic E-state index is 0.0618. The van der Waals surface area contributed by atoms with Crippen LogP contribution in [-0.2, 0) is 9.53 Å². The van der Waals surface area contributed by atoms with Crippen molar-refractivity contribution in [2.45, 2.75) is 12.8 Å². The second-order valence-corrected chi connectivity index (χ2v) is 6.12. The summed E-state index contributed by atoms with van der Waals surface area (Å²) in [7, 11) is 1.64. The minimum atomic E-state index is -1.00. The van der Waals surface area contributed by atoms with Crippen molar-refractivity contribution >= 4 is 11.6 Å². The summed E-state index contributed by atoms with van der Waals surface area (Å²) < 4.78 is 24.0. The Hall–Kier alpha value is -2.26. The predicted octanol–water partition coefficient (Wildman–Crippen LogP) is 1.25. The number of carbonyl (C=O) groups excluding carboxylic acids is 1. The SMILES string of the molecule is COCC1(CNC(=O)COc2ccc([N+](=O)[O-])c(F)c2)CCNCC1. The van der Waals surface area contributed by atoms with Crippen LogP contribution in [0.2, 0.25) is 0 Å². The van der Waals surface area contributed by atoms with E-state index in [0.717, 1.165) is 38.1 Å². The summed E-state index contributed by atoms with van der Waals surface area (Å²) in [6.45, 7) is 2.48. The van der Waals surface area contributed by atoms with Crippen LogP contribution in [-0.4, -0.2) is 50.8 Å². The highest BCUT2D eigenvalue weighted by molar-refractivity contribution is 5.77. The molecule has 25 heavy (non-hydrogen) atoms. The zero-order valence-electron chi connectivity index (χ0n) is 14.0. The molecule has 0 aromatic heterocycles. The summed E-state index contributed by atoms with van der Waals surface area (Å²) in [5, 5.41) is 16.7. The van der Waals surface area contributed by atoms with E-state index in [2.05, 4.69) is 10.6 Å². The van der Waals surface area contributed by atoms with E-state index in [9.17, 15) is 19.3 Å². The lowest BCUT2D eigenvalue weighted by Crippen LogP contribution is -2.47. The number of nitrogens with one attached hydrogen (secondary N) is 2. The Kier molecular flexibility index (Phi) is 6.65. The number of hydrogen-bond acceptors (Lipinski definition) is 6. The molecule has 0 saturated carbocycles. The van der Waals surface area contributed by atoms with Gasteiger partial charge in [0.2, 0.25) is 5.82 Å². The van der Waals surface area contributed by atoms with Crippen LogP contribution in [0.25, 0.3) is 0 Å². The van der Waals surface area contributed by atoms with Gasteiger partial charge in [-0.15, -0.1) is 0 Å². The van der Waals surface area contributed by atoms with Gasteiger partial charge < -0.3 is 20.1 Å². The maximum Gasteiger partial charge on any atom is 0.305 e. The molecule has 9 heteroatoms. The average Bonchev–Trinajstić information content (AvgIpc) is 2.59. The molecular weight excluding hydrogens is 333 g/mol. The van der Waals surface area contributed by atoms with Gasteiger partial charge in [-0.3, -0.25) is 14.9 Å². The number of halogens is 1. The first-order valence-corrected chi connectivity index (χ1v) is 7.99. The lowest BCUT2D eigenvalue weighted by molar-refractivity contribution is -0.387. The number of benzene rings is 1. The van der Waals surface area contributed by atoms with E-state index in [1.54, 1.807) is 7.11 Å². The van der Waals surface area contributed by atoms with Crippen molar-refractivity contribution in [1.29, 1.82) is 0 Å². The minimum Gasteiger partial charge on any atom is -0.484 e. The number of piperidine rings is 1. The summed E-state index contributed by atoms with van der Waals surface area (Å²) in [5.74, 6) is -1.28. The Balaban J connectivity index is 1.84. The smallest absolute Gasteiger partial charge is 0.305 e. The Morgan fingerprint density at radius 1 is 1.44 bits per heavy atom. The van der Waals surface area contributed by atoms with Gasteiger partial charge in [0.1, 0.15) is 5.75 Å². The van der Waals surface area contributed by atoms with Gasteiger partial charge in [-0.1, -0.05) is 0 Å². The van der Waals surface area contributed by atoms with Gasteiger partial charge in [-0.2, -0.15) is 4.39 Å². The molecular formula is C16H22FN3O5.